The molecule has 1 amide bonds. The maximum atomic E-state index is 12.2. The summed E-state index contributed by atoms with van der Waals surface area (Å²) in [7, 11) is 0. The summed E-state index contributed by atoms with van der Waals surface area (Å²) >= 11 is 0. The Hall–Kier alpha value is -0.610. The van der Waals surface area contributed by atoms with E-state index >= 15 is 0 Å². The first-order valence-electron chi connectivity index (χ1n) is 7.91. The Balaban J connectivity index is 2.23. The van der Waals surface area contributed by atoms with Crippen molar-refractivity contribution in [3.63, 3.8) is 0 Å². The molecule has 1 fully saturated rings. The number of nitrogens with zero attached hydrogens (tertiary/aromatic N) is 2. The summed E-state index contributed by atoms with van der Waals surface area (Å²) in [6.45, 7) is 10.2. The van der Waals surface area contributed by atoms with Crippen molar-refractivity contribution in [1.82, 2.24) is 9.80 Å². The van der Waals surface area contributed by atoms with Gasteiger partial charge in [-0.1, -0.05) is 20.3 Å². The molecule has 0 aromatic rings. The van der Waals surface area contributed by atoms with E-state index < -0.39 is 0 Å². The van der Waals surface area contributed by atoms with Crippen LogP contribution in [-0.4, -0.2) is 55.0 Å². The van der Waals surface area contributed by atoms with E-state index in [1.807, 2.05) is 4.90 Å². The lowest BCUT2D eigenvalue weighted by Gasteiger charge is -2.34. The van der Waals surface area contributed by atoms with Gasteiger partial charge in [-0.15, -0.1) is 0 Å². The lowest BCUT2D eigenvalue weighted by molar-refractivity contribution is -0.133. The van der Waals surface area contributed by atoms with Gasteiger partial charge in [0.2, 0.25) is 5.91 Å². The molecule has 1 unspecified atom stereocenters. The van der Waals surface area contributed by atoms with Crippen LogP contribution < -0.4 is 5.73 Å². The SMILES string of the molecule is CCCN1CCN(C(=O)CCC(CC)CCN)CC1. The minimum Gasteiger partial charge on any atom is -0.340 e. The molecule has 4 nitrogen and oxygen atoms in total. The summed E-state index contributed by atoms with van der Waals surface area (Å²) in [5.74, 6) is 0.960. The molecule has 2 N–H and O–H groups in total. The van der Waals surface area contributed by atoms with Gasteiger partial charge in [0.05, 0.1) is 0 Å². The summed E-state index contributed by atoms with van der Waals surface area (Å²) in [6.07, 6.45) is 5.09. The van der Waals surface area contributed by atoms with Gasteiger partial charge in [-0.05, 0) is 38.3 Å². The molecule has 0 spiro atoms. The maximum Gasteiger partial charge on any atom is 0.222 e. The third-order valence-corrected chi connectivity index (χ3v) is 4.18. The molecule has 0 radical (unpaired) electrons. The van der Waals surface area contributed by atoms with Crippen molar-refractivity contribution in [3.05, 3.63) is 0 Å². The lowest BCUT2D eigenvalue weighted by atomic mass is 9.96. The topological polar surface area (TPSA) is 49.6 Å². The van der Waals surface area contributed by atoms with Crippen LogP contribution >= 0.6 is 0 Å². The first-order chi connectivity index (χ1) is 9.21. The van der Waals surface area contributed by atoms with Crippen molar-refractivity contribution in [1.29, 1.82) is 0 Å². The molecule has 1 saturated heterocycles. The fourth-order valence-electron chi connectivity index (χ4n) is 2.81. The van der Waals surface area contributed by atoms with Gasteiger partial charge < -0.3 is 10.6 Å². The van der Waals surface area contributed by atoms with Crippen molar-refractivity contribution in [3.8, 4) is 0 Å². The molecule has 1 aliphatic heterocycles. The summed E-state index contributed by atoms with van der Waals surface area (Å²) < 4.78 is 0. The molecule has 1 rings (SSSR count). The van der Waals surface area contributed by atoms with Crippen LogP contribution in [-0.2, 0) is 4.79 Å². The molecule has 0 aliphatic carbocycles. The van der Waals surface area contributed by atoms with Gasteiger partial charge in [0.25, 0.3) is 0 Å². The lowest BCUT2D eigenvalue weighted by Crippen LogP contribution is -2.48. The fourth-order valence-corrected chi connectivity index (χ4v) is 2.81. The van der Waals surface area contributed by atoms with Gasteiger partial charge in [-0.2, -0.15) is 0 Å². The van der Waals surface area contributed by atoms with E-state index in [2.05, 4.69) is 18.7 Å². The van der Waals surface area contributed by atoms with Gasteiger partial charge >= 0.3 is 0 Å². The van der Waals surface area contributed by atoms with Gasteiger partial charge in [-0.25, -0.2) is 0 Å². The summed E-state index contributed by atoms with van der Waals surface area (Å²) in [5, 5.41) is 0. The van der Waals surface area contributed by atoms with Gasteiger partial charge in [0.1, 0.15) is 0 Å². The number of rotatable bonds is 8. The Labute approximate surface area is 118 Å². The van der Waals surface area contributed by atoms with E-state index in [1.165, 1.54) is 6.42 Å². The average Bonchev–Trinajstić information content (AvgIpc) is 2.44. The zero-order valence-corrected chi connectivity index (χ0v) is 12.7. The molecule has 112 valence electrons. The quantitative estimate of drug-likeness (QED) is 0.729. The predicted molar refractivity (Wildman–Crippen MR) is 80.0 cm³/mol. The highest BCUT2D eigenvalue weighted by molar-refractivity contribution is 5.76. The van der Waals surface area contributed by atoms with Crippen molar-refractivity contribution in [2.24, 2.45) is 11.7 Å². The third-order valence-electron chi connectivity index (χ3n) is 4.18. The van der Waals surface area contributed by atoms with E-state index in [0.717, 1.165) is 58.5 Å². The number of nitrogens with two attached hydrogens (primary N) is 1. The van der Waals surface area contributed by atoms with Gasteiger partial charge in [-0.3, -0.25) is 9.69 Å². The minimum atomic E-state index is 0.339. The number of amides is 1. The largest absolute Gasteiger partial charge is 0.340 e. The molecular weight excluding hydrogens is 238 g/mol. The van der Waals surface area contributed by atoms with Crippen molar-refractivity contribution in [2.45, 2.75) is 46.0 Å². The Morgan fingerprint density at radius 3 is 2.37 bits per heavy atom. The van der Waals surface area contributed by atoms with Gasteiger partial charge in [0.15, 0.2) is 0 Å². The second kappa shape index (κ2) is 9.32. The Bertz CT molecular complexity index is 250. The van der Waals surface area contributed by atoms with Crippen molar-refractivity contribution in [2.75, 3.05) is 39.3 Å². The molecule has 1 atom stereocenters. The summed E-state index contributed by atoms with van der Waals surface area (Å²) in [5.41, 5.74) is 5.60. The van der Waals surface area contributed by atoms with E-state index in [4.69, 9.17) is 5.73 Å². The monoisotopic (exact) mass is 269 g/mol. The molecule has 0 bridgehead atoms. The second-order valence-corrected chi connectivity index (χ2v) is 5.61. The molecule has 1 aliphatic rings. The molecule has 4 heteroatoms. The van der Waals surface area contributed by atoms with Crippen LogP contribution in [0, 0.1) is 5.92 Å². The number of hydrogen-bond donors (Lipinski definition) is 1. The zero-order valence-electron chi connectivity index (χ0n) is 12.7. The normalized spacial score (nSPS) is 18.6. The van der Waals surface area contributed by atoms with Crippen LogP contribution in [0.4, 0.5) is 0 Å². The number of hydrogen-bond acceptors (Lipinski definition) is 3. The first-order valence-corrected chi connectivity index (χ1v) is 7.91. The van der Waals surface area contributed by atoms with E-state index in [-0.39, 0.29) is 0 Å². The average molecular weight is 269 g/mol. The van der Waals surface area contributed by atoms with Crippen LogP contribution in [0.2, 0.25) is 0 Å². The Kier molecular flexibility index (Phi) is 8.07. The Morgan fingerprint density at radius 1 is 1.16 bits per heavy atom. The fraction of sp³-hybridized carbons (Fsp3) is 0.933. The number of carbonyl (C=O) groups is 1. The zero-order chi connectivity index (χ0) is 14.1. The van der Waals surface area contributed by atoms with Crippen molar-refractivity contribution < 1.29 is 4.79 Å². The predicted octanol–water partition coefficient (Wildman–Crippen LogP) is 1.70. The molecule has 0 saturated carbocycles. The Morgan fingerprint density at radius 2 is 1.84 bits per heavy atom. The van der Waals surface area contributed by atoms with Crippen LogP contribution in [0.25, 0.3) is 0 Å². The van der Waals surface area contributed by atoms with Crippen LogP contribution in [0.15, 0.2) is 0 Å². The molecule has 0 aromatic heterocycles. The van der Waals surface area contributed by atoms with E-state index in [0.29, 0.717) is 18.2 Å². The van der Waals surface area contributed by atoms with Crippen LogP contribution in [0.1, 0.15) is 46.0 Å². The number of carbonyl (C=O) groups excluding carboxylic acids is 1. The van der Waals surface area contributed by atoms with Gasteiger partial charge in [0, 0.05) is 32.6 Å². The van der Waals surface area contributed by atoms with E-state index in [1.54, 1.807) is 0 Å². The molecule has 1 heterocycles. The number of piperazine rings is 1. The van der Waals surface area contributed by atoms with Crippen LogP contribution in [0.5, 0.6) is 0 Å². The summed E-state index contributed by atoms with van der Waals surface area (Å²) in [4.78, 5) is 16.7. The van der Waals surface area contributed by atoms with E-state index in [9.17, 15) is 4.79 Å². The smallest absolute Gasteiger partial charge is 0.222 e. The third kappa shape index (κ3) is 5.91. The van der Waals surface area contributed by atoms with Crippen molar-refractivity contribution >= 4 is 5.91 Å². The maximum absolute atomic E-state index is 12.2. The minimum absolute atomic E-state index is 0.339. The molecular formula is C15H31N3O. The summed E-state index contributed by atoms with van der Waals surface area (Å²) in [6, 6.07) is 0. The molecule has 19 heavy (non-hydrogen) atoms. The molecule has 0 aromatic carbocycles. The highest BCUT2D eigenvalue weighted by atomic mass is 16.2. The second-order valence-electron chi connectivity index (χ2n) is 5.61. The highest BCUT2D eigenvalue weighted by Gasteiger charge is 2.20. The standard InChI is InChI=1S/C15H31N3O/c1-3-9-17-10-12-18(13-11-17)15(19)6-5-14(4-2)7-8-16/h14H,3-13,16H2,1-2H3. The first kappa shape index (κ1) is 16.4. The highest BCUT2D eigenvalue weighted by Crippen LogP contribution is 2.16. The van der Waals surface area contributed by atoms with Crippen LogP contribution in [0.3, 0.4) is 0 Å².